The number of hydrogen-bond donors (Lipinski definition) is 0. The molecular weight excluding hydrogens is 382 g/mol. The fourth-order valence-electron chi connectivity index (χ4n) is 4.59. The summed E-state index contributed by atoms with van der Waals surface area (Å²) in [5, 5.41) is 0. The van der Waals surface area contributed by atoms with E-state index in [4.69, 9.17) is 18.9 Å². The highest BCUT2D eigenvalue weighted by Crippen LogP contribution is 2.50. The average Bonchev–Trinajstić information content (AvgIpc) is 2.76. The summed E-state index contributed by atoms with van der Waals surface area (Å²) in [6, 6.07) is 7.90. The molecule has 0 aromatic heterocycles. The molecule has 2 aromatic rings. The van der Waals surface area contributed by atoms with Crippen molar-refractivity contribution in [3.8, 4) is 23.0 Å². The van der Waals surface area contributed by atoms with E-state index in [1.807, 2.05) is 18.2 Å². The lowest BCUT2D eigenvalue weighted by molar-refractivity contribution is -0.118. The summed E-state index contributed by atoms with van der Waals surface area (Å²) in [5.41, 5.74) is 5.43. The summed E-state index contributed by atoms with van der Waals surface area (Å²) in [5.74, 6) is 2.92. The number of carbonyl (C=O) groups excluding carboxylic acids is 1. The Balaban J connectivity index is 1.94. The lowest BCUT2D eigenvalue weighted by atomic mass is 9.84. The molecule has 0 bridgehead atoms. The maximum atomic E-state index is 12.2. The number of methoxy groups -OCH3 is 4. The standard InChI is InChI=1S/C24H27NO5/c1-14(26)10-19-23-16(6-7-20(27-2)24(23)30-5)11-18-17-13-22(29-4)21(28-3)12-15(17)8-9-25(18)19/h6-7,11-13,19H,8-10H2,1-5H3. The number of fused-ring (bicyclic) bond motifs is 4. The number of rotatable bonds is 6. The van der Waals surface area contributed by atoms with E-state index in [0.29, 0.717) is 23.7 Å². The van der Waals surface area contributed by atoms with Crippen molar-refractivity contribution in [2.45, 2.75) is 25.8 Å². The first-order chi connectivity index (χ1) is 14.5. The molecule has 0 saturated carbocycles. The first-order valence-electron chi connectivity index (χ1n) is 10.00. The highest BCUT2D eigenvalue weighted by Gasteiger charge is 2.36. The molecule has 1 unspecified atom stereocenters. The number of ketones is 1. The van der Waals surface area contributed by atoms with E-state index in [-0.39, 0.29) is 11.8 Å². The topological polar surface area (TPSA) is 57.2 Å². The number of carbonyl (C=O) groups is 1. The molecule has 2 aliphatic heterocycles. The van der Waals surface area contributed by atoms with Crippen LogP contribution in [0, 0.1) is 0 Å². The van der Waals surface area contributed by atoms with Gasteiger partial charge in [0.1, 0.15) is 5.78 Å². The van der Waals surface area contributed by atoms with Crippen LogP contribution in [-0.2, 0) is 11.2 Å². The van der Waals surface area contributed by atoms with E-state index in [9.17, 15) is 4.79 Å². The molecule has 0 aliphatic carbocycles. The van der Waals surface area contributed by atoms with Gasteiger partial charge < -0.3 is 23.8 Å². The van der Waals surface area contributed by atoms with Gasteiger partial charge in [0.15, 0.2) is 23.0 Å². The summed E-state index contributed by atoms with van der Waals surface area (Å²) in [6.45, 7) is 2.43. The summed E-state index contributed by atoms with van der Waals surface area (Å²) >= 11 is 0. The molecule has 2 heterocycles. The molecule has 0 fully saturated rings. The normalized spacial score (nSPS) is 16.6. The number of hydrogen-bond acceptors (Lipinski definition) is 6. The van der Waals surface area contributed by atoms with Crippen molar-refractivity contribution in [2.75, 3.05) is 35.0 Å². The van der Waals surface area contributed by atoms with E-state index < -0.39 is 0 Å². The fourth-order valence-corrected chi connectivity index (χ4v) is 4.59. The Hall–Kier alpha value is -3.15. The number of nitrogens with zero attached hydrogens (tertiary/aromatic N) is 1. The third-order valence-electron chi connectivity index (χ3n) is 5.92. The summed E-state index contributed by atoms with van der Waals surface area (Å²) < 4.78 is 22.3. The molecule has 0 N–H and O–H groups in total. The maximum Gasteiger partial charge on any atom is 0.166 e. The second-order valence-corrected chi connectivity index (χ2v) is 7.56. The second kappa shape index (κ2) is 7.94. The Labute approximate surface area is 177 Å². The van der Waals surface area contributed by atoms with Gasteiger partial charge in [0.25, 0.3) is 0 Å². The van der Waals surface area contributed by atoms with E-state index in [2.05, 4.69) is 17.0 Å². The van der Waals surface area contributed by atoms with Gasteiger partial charge in [0.05, 0.1) is 34.5 Å². The molecule has 2 aromatic carbocycles. The van der Waals surface area contributed by atoms with Crippen LogP contribution >= 0.6 is 0 Å². The molecule has 1 atom stereocenters. The van der Waals surface area contributed by atoms with Gasteiger partial charge in [-0.25, -0.2) is 0 Å². The van der Waals surface area contributed by atoms with Gasteiger partial charge in [-0.05, 0) is 48.7 Å². The van der Waals surface area contributed by atoms with Crippen molar-refractivity contribution in [1.29, 1.82) is 0 Å². The van der Waals surface area contributed by atoms with E-state index in [0.717, 1.165) is 41.1 Å². The first-order valence-corrected chi connectivity index (χ1v) is 10.00. The zero-order chi connectivity index (χ0) is 21.4. The number of benzene rings is 2. The largest absolute Gasteiger partial charge is 0.493 e. The van der Waals surface area contributed by atoms with Gasteiger partial charge in [-0.1, -0.05) is 6.07 Å². The smallest absolute Gasteiger partial charge is 0.166 e. The zero-order valence-electron chi connectivity index (χ0n) is 18.1. The van der Waals surface area contributed by atoms with Gasteiger partial charge in [0, 0.05) is 29.8 Å². The lowest BCUT2D eigenvalue weighted by Crippen LogP contribution is -2.36. The molecule has 0 saturated heterocycles. The number of Topliss-reactive ketones (excluding diaryl/α,β-unsaturated/α-hetero) is 1. The summed E-state index contributed by atoms with van der Waals surface area (Å²) in [4.78, 5) is 14.5. The minimum atomic E-state index is -0.121. The van der Waals surface area contributed by atoms with Crippen molar-refractivity contribution in [3.63, 3.8) is 0 Å². The molecule has 6 heteroatoms. The van der Waals surface area contributed by atoms with Crippen LogP contribution in [0.1, 0.15) is 41.6 Å². The van der Waals surface area contributed by atoms with Crippen molar-refractivity contribution in [3.05, 3.63) is 46.5 Å². The molecule has 6 nitrogen and oxygen atoms in total. The highest BCUT2D eigenvalue weighted by molar-refractivity contribution is 5.89. The van der Waals surface area contributed by atoms with Gasteiger partial charge >= 0.3 is 0 Å². The fraction of sp³-hybridized carbons (Fsp3) is 0.375. The van der Waals surface area contributed by atoms with Gasteiger partial charge in [-0.3, -0.25) is 4.79 Å². The monoisotopic (exact) mass is 409 g/mol. The van der Waals surface area contributed by atoms with E-state index in [1.165, 1.54) is 5.56 Å². The van der Waals surface area contributed by atoms with Crippen LogP contribution in [0.5, 0.6) is 23.0 Å². The highest BCUT2D eigenvalue weighted by atomic mass is 16.5. The van der Waals surface area contributed by atoms with Crippen LogP contribution in [-0.4, -0.2) is 45.7 Å². The molecule has 0 radical (unpaired) electrons. The lowest BCUT2D eigenvalue weighted by Gasteiger charge is -2.43. The van der Waals surface area contributed by atoms with Crippen LogP contribution in [0.25, 0.3) is 11.8 Å². The minimum absolute atomic E-state index is 0.121. The maximum absolute atomic E-state index is 12.2. The molecule has 30 heavy (non-hydrogen) atoms. The zero-order valence-corrected chi connectivity index (χ0v) is 18.1. The molecule has 2 aliphatic rings. The predicted molar refractivity (Wildman–Crippen MR) is 115 cm³/mol. The average molecular weight is 409 g/mol. The third-order valence-corrected chi connectivity index (χ3v) is 5.92. The third kappa shape index (κ3) is 3.16. The molecular formula is C24H27NO5. The Morgan fingerprint density at radius 2 is 1.70 bits per heavy atom. The predicted octanol–water partition coefficient (Wildman–Crippen LogP) is 4.11. The SMILES string of the molecule is COc1cc2c(cc1OC)C1=Cc3ccc(OC)c(OC)c3C(CC(C)=O)N1CC2. The van der Waals surface area contributed by atoms with Crippen LogP contribution < -0.4 is 18.9 Å². The van der Waals surface area contributed by atoms with Gasteiger partial charge in [-0.15, -0.1) is 0 Å². The molecule has 4 rings (SSSR count). The molecule has 0 spiro atoms. The Bertz CT molecular complexity index is 1030. The number of ether oxygens (including phenoxy) is 4. The van der Waals surface area contributed by atoms with Gasteiger partial charge in [-0.2, -0.15) is 0 Å². The Kier molecular flexibility index (Phi) is 5.33. The first kappa shape index (κ1) is 20.1. The van der Waals surface area contributed by atoms with E-state index >= 15 is 0 Å². The van der Waals surface area contributed by atoms with Crippen LogP contribution in [0.2, 0.25) is 0 Å². The Morgan fingerprint density at radius 3 is 2.33 bits per heavy atom. The second-order valence-electron chi connectivity index (χ2n) is 7.56. The molecule has 0 amide bonds. The Morgan fingerprint density at radius 1 is 1.00 bits per heavy atom. The van der Waals surface area contributed by atoms with E-state index in [1.54, 1.807) is 35.4 Å². The quantitative estimate of drug-likeness (QED) is 0.716. The van der Waals surface area contributed by atoms with Crippen molar-refractivity contribution in [2.24, 2.45) is 0 Å². The summed E-state index contributed by atoms with van der Waals surface area (Å²) in [7, 11) is 6.57. The molecule has 158 valence electrons. The van der Waals surface area contributed by atoms with Crippen LogP contribution in [0.15, 0.2) is 24.3 Å². The van der Waals surface area contributed by atoms with Crippen molar-refractivity contribution in [1.82, 2.24) is 4.90 Å². The van der Waals surface area contributed by atoms with Gasteiger partial charge in [0.2, 0.25) is 0 Å². The van der Waals surface area contributed by atoms with Crippen molar-refractivity contribution >= 4 is 17.6 Å². The summed E-state index contributed by atoms with van der Waals surface area (Å²) in [6.07, 6.45) is 3.41. The van der Waals surface area contributed by atoms with Crippen molar-refractivity contribution < 1.29 is 23.7 Å². The van der Waals surface area contributed by atoms with Crippen LogP contribution in [0.3, 0.4) is 0 Å². The minimum Gasteiger partial charge on any atom is -0.493 e. The van der Waals surface area contributed by atoms with Crippen LogP contribution in [0.4, 0.5) is 0 Å².